The van der Waals surface area contributed by atoms with Crippen molar-refractivity contribution in [2.24, 2.45) is 0 Å². The van der Waals surface area contributed by atoms with Gasteiger partial charge in [0.1, 0.15) is 40.0 Å². The highest BCUT2D eigenvalue weighted by molar-refractivity contribution is 8.77. The van der Waals surface area contributed by atoms with Crippen LogP contribution in [0.3, 0.4) is 0 Å². The summed E-state index contributed by atoms with van der Waals surface area (Å²) < 4.78 is 5.32. The molecule has 3 rings (SSSR count). The molecule has 8 radical (unpaired) electrons. The van der Waals surface area contributed by atoms with Gasteiger partial charge in [-0.25, -0.2) is 0 Å². The Balaban J connectivity index is 2.51. The lowest BCUT2D eigenvalue weighted by Crippen LogP contribution is -2.41. The van der Waals surface area contributed by atoms with Crippen molar-refractivity contribution in [1.82, 2.24) is 0 Å². The topological polar surface area (TPSA) is 9.23 Å². The fraction of sp³-hybridized carbons (Fsp3) is 0.250. The van der Waals surface area contributed by atoms with E-state index < -0.39 is 23.5 Å². The largest absolute Gasteiger partial charge is 0.456 e. The lowest BCUT2D eigenvalue weighted by molar-refractivity contribution is 0.451. The van der Waals surface area contributed by atoms with Crippen LogP contribution in [0.15, 0.2) is 42.5 Å². The zero-order valence-corrected chi connectivity index (χ0v) is 15.2. The number of ether oxygens (including phenoxy) is 1. The normalized spacial score (nSPS) is 17.5. The molecule has 0 spiro atoms. The summed E-state index contributed by atoms with van der Waals surface area (Å²) in [6.07, 6.45) is 3.71. The van der Waals surface area contributed by atoms with Crippen LogP contribution < -0.4 is 4.74 Å². The van der Waals surface area contributed by atoms with Crippen LogP contribution >= 0.6 is 19.5 Å². The van der Waals surface area contributed by atoms with Crippen LogP contribution in [0.5, 0.6) is 11.5 Å². The Labute approximate surface area is 146 Å². The standard InChI is InChI=1S/C16H16B4OS2/c1-11-7-6-9-13-15(11)21-14-10-5-4-8-12(14)16(13,22(2,17)18)23(3,19)20/h4-10H,1-3H3. The number of benzene rings is 2. The van der Waals surface area contributed by atoms with Crippen molar-refractivity contribution >= 4 is 48.0 Å². The van der Waals surface area contributed by atoms with E-state index >= 15 is 0 Å². The van der Waals surface area contributed by atoms with Crippen LogP contribution in [0.1, 0.15) is 16.7 Å². The van der Waals surface area contributed by atoms with Gasteiger partial charge in [-0.15, -0.1) is 0 Å². The van der Waals surface area contributed by atoms with E-state index in [1.807, 2.05) is 61.9 Å². The summed E-state index contributed by atoms with van der Waals surface area (Å²) in [5, 5.41) is 0. The molecule has 1 aliphatic rings. The number of hydrogen-bond acceptors (Lipinski definition) is 1. The maximum absolute atomic E-state index is 6.58. The van der Waals surface area contributed by atoms with Gasteiger partial charge in [0, 0.05) is 11.1 Å². The van der Waals surface area contributed by atoms with E-state index in [2.05, 4.69) is 0 Å². The van der Waals surface area contributed by atoms with Gasteiger partial charge in [0.2, 0.25) is 0 Å². The van der Waals surface area contributed by atoms with E-state index in [1.165, 1.54) is 0 Å². The number of aryl methyl sites for hydroxylation is 1. The third-order valence-corrected chi connectivity index (χ3v) is 9.77. The summed E-state index contributed by atoms with van der Waals surface area (Å²) in [6, 6.07) is 13.7. The molecule has 0 aliphatic carbocycles. The molecule has 0 saturated carbocycles. The van der Waals surface area contributed by atoms with Gasteiger partial charge in [0.15, 0.2) is 0 Å². The maximum atomic E-state index is 6.58. The Morgan fingerprint density at radius 2 is 1.39 bits per heavy atom. The molecule has 1 aliphatic heterocycles. The average molecular weight is 332 g/mol. The minimum Gasteiger partial charge on any atom is -0.456 e. The lowest BCUT2D eigenvalue weighted by atomic mass is 9.97. The third kappa shape index (κ3) is 2.31. The van der Waals surface area contributed by atoms with Crippen molar-refractivity contribution in [2.45, 2.75) is 11.0 Å². The Kier molecular flexibility index (Phi) is 3.96. The molecule has 1 heterocycles. The highest BCUT2D eigenvalue weighted by atomic mass is 32.3. The Morgan fingerprint density at radius 1 is 0.826 bits per heavy atom. The van der Waals surface area contributed by atoms with E-state index in [0.717, 1.165) is 28.2 Å². The van der Waals surface area contributed by atoms with Crippen molar-refractivity contribution in [3.8, 4) is 11.5 Å². The zero-order valence-electron chi connectivity index (χ0n) is 13.6. The van der Waals surface area contributed by atoms with Crippen LogP contribution in [0.4, 0.5) is 0 Å². The van der Waals surface area contributed by atoms with Crippen molar-refractivity contribution in [1.29, 1.82) is 0 Å². The Morgan fingerprint density at radius 3 is 2.00 bits per heavy atom. The first-order chi connectivity index (χ1) is 10.6. The molecule has 0 bridgehead atoms. The number of para-hydroxylation sites is 2. The summed E-state index contributed by atoms with van der Waals surface area (Å²) in [5.74, 6) is 1.48. The van der Waals surface area contributed by atoms with Crippen LogP contribution in [0.2, 0.25) is 0 Å². The molecule has 0 atom stereocenters. The van der Waals surface area contributed by atoms with Gasteiger partial charge in [0.05, 0.1) is 4.08 Å². The predicted molar refractivity (Wildman–Crippen MR) is 109 cm³/mol. The van der Waals surface area contributed by atoms with E-state index in [1.54, 1.807) is 0 Å². The van der Waals surface area contributed by atoms with Crippen molar-refractivity contribution in [3.05, 3.63) is 59.2 Å². The van der Waals surface area contributed by atoms with Crippen LogP contribution in [-0.4, -0.2) is 41.0 Å². The quantitative estimate of drug-likeness (QED) is 0.765. The van der Waals surface area contributed by atoms with E-state index in [-0.39, 0.29) is 0 Å². The van der Waals surface area contributed by atoms with Gasteiger partial charge >= 0.3 is 0 Å². The van der Waals surface area contributed by atoms with Gasteiger partial charge in [-0.2, -0.15) is 0 Å². The Hall–Kier alpha value is -0.800. The fourth-order valence-electron chi connectivity index (χ4n) is 3.46. The van der Waals surface area contributed by atoms with Crippen molar-refractivity contribution in [3.63, 3.8) is 0 Å². The SMILES string of the molecule is [B]S([B])(C)C1(S([B])([B])C)c2ccccc2Oc2c(C)cccc21. The smallest absolute Gasteiger partial charge is 0.135 e. The van der Waals surface area contributed by atoms with E-state index in [4.69, 9.17) is 33.2 Å². The molecule has 0 unspecified atom stereocenters. The molecular formula is C16H16B4OS2. The molecule has 0 fully saturated rings. The fourth-order valence-corrected chi connectivity index (χ4v) is 9.11. The highest BCUT2D eigenvalue weighted by Gasteiger charge is 2.52. The van der Waals surface area contributed by atoms with E-state index in [0.29, 0.717) is 0 Å². The maximum Gasteiger partial charge on any atom is 0.135 e. The van der Waals surface area contributed by atoms with E-state index in [9.17, 15) is 0 Å². The van der Waals surface area contributed by atoms with Crippen molar-refractivity contribution < 1.29 is 4.74 Å². The van der Waals surface area contributed by atoms with Crippen LogP contribution in [0, 0.1) is 6.92 Å². The molecule has 1 nitrogen and oxygen atoms in total. The summed E-state index contributed by atoms with van der Waals surface area (Å²) in [5.41, 5.74) is 2.78. The molecular weight excluding hydrogens is 316 g/mol. The molecule has 0 amide bonds. The second-order valence-corrected chi connectivity index (χ2v) is 11.9. The molecule has 0 aromatic heterocycles. The van der Waals surface area contributed by atoms with Crippen LogP contribution in [-0.2, 0) is 4.08 Å². The molecule has 110 valence electrons. The second kappa shape index (κ2) is 5.35. The molecule has 23 heavy (non-hydrogen) atoms. The van der Waals surface area contributed by atoms with Gasteiger partial charge in [0.25, 0.3) is 0 Å². The number of hydrogen-bond donors (Lipinski definition) is 0. The molecule has 2 aromatic rings. The Bertz CT molecular complexity index is 751. The predicted octanol–water partition coefficient (Wildman–Crippen LogP) is 3.50. The zero-order chi connectivity index (χ0) is 17.0. The van der Waals surface area contributed by atoms with Crippen LogP contribution in [0.25, 0.3) is 0 Å². The minimum absolute atomic E-state index is 0.721. The molecule has 2 aromatic carbocycles. The first-order valence-corrected chi connectivity index (χ1v) is 11.5. The number of rotatable bonds is 2. The third-order valence-electron chi connectivity index (χ3n) is 4.26. The lowest BCUT2D eigenvalue weighted by Gasteiger charge is -2.63. The highest BCUT2D eigenvalue weighted by Crippen LogP contribution is 2.77. The first-order valence-electron chi connectivity index (χ1n) is 7.15. The molecule has 7 heteroatoms. The monoisotopic (exact) mass is 332 g/mol. The van der Waals surface area contributed by atoms with Gasteiger partial charge in [-0.05, 0) is 18.6 Å². The van der Waals surface area contributed by atoms with Gasteiger partial charge in [-0.3, -0.25) is 0 Å². The molecule has 0 N–H and O–H groups in total. The first kappa shape index (κ1) is 17.0. The van der Waals surface area contributed by atoms with Crippen molar-refractivity contribution in [2.75, 3.05) is 12.5 Å². The average Bonchev–Trinajstić information content (AvgIpc) is 2.43. The molecule has 0 saturated heterocycles. The summed E-state index contributed by atoms with van der Waals surface area (Å²) in [4.78, 5) is 0. The van der Waals surface area contributed by atoms with Gasteiger partial charge in [-0.1, -0.05) is 48.9 Å². The minimum atomic E-state index is -2.18. The number of fused-ring (bicyclic) bond motifs is 2. The summed E-state index contributed by atoms with van der Waals surface area (Å²) >= 11 is 0. The second-order valence-electron chi connectivity index (χ2n) is 6.26. The van der Waals surface area contributed by atoms with Gasteiger partial charge < -0.3 is 24.2 Å². The summed E-state index contributed by atoms with van der Waals surface area (Å²) in [6.45, 7) is 2.00. The summed E-state index contributed by atoms with van der Waals surface area (Å²) in [7, 11) is 21.9.